The second-order valence-electron chi connectivity index (χ2n) is 5.43. The summed E-state index contributed by atoms with van der Waals surface area (Å²) in [7, 11) is 0. The SMILES string of the molecule is CCNCC(=CC1CCCCCC1)C(C)C. The maximum atomic E-state index is 3.47. The fourth-order valence-corrected chi connectivity index (χ4v) is 2.51. The normalized spacial score (nSPS) is 20.1. The summed E-state index contributed by atoms with van der Waals surface area (Å²) in [5.74, 6) is 1.56. The van der Waals surface area contributed by atoms with Crippen molar-refractivity contribution in [3.05, 3.63) is 11.6 Å². The molecule has 1 fully saturated rings. The van der Waals surface area contributed by atoms with Crippen LogP contribution in [0, 0.1) is 11.8 Å². The van der Waals surface area contributed by atoms with Gasteiger partial charge >= 0.3 is 0 Å². The molecule has 16 heavy (non-hydrogen) atoms. The summed E-state index contributed by atoms with van der Waals surface area (Å²) in [6.45, 7) is 8.99. The van der Waals surface area contributed by atoms with Crippen LogP contribution in [0.3, 0.4) is 0 Å². The average Bonchev–Trinajstić information content (AvgIpc) is 2.52. The van der Waals surface area contributed by atoms with Crippen LogP contribution in [0.4, 0.5) is 0 Å². The smallest absolute Gasteiger partial charge is 0.0167 e. The third-order valence-corrected chi connectivity index (χ3v) is 3.67. The number of hydrogen-bond donors (Lipinski definition) is 1. The summed E-state index contributed by atoms with van der Waals surface area (Å²) in [6.07, 6.45) is 11.2. The van der Waals surface area contributed by atoms with Gasteiger partial charge < -0.3 is 5.32 Å². The van der Waals surface area contributed by atoms with E-state index in [-0.39, 0.29) is 0 Å². The lowest BCUT2D eigenvalue weighted by Crippen LogP contribution is -2.19. The number of hydrogen-bond acceptors (Lipinski definition) is 1. The lowest BCUT2D eigenvalue weighted by molar-refractivity contribution is 0.543. The molecular formula is C15H29N. The molecular weight excluding hydrogens is 194 g/mol. The molecule has 0 radical (unpaired) electrons. The Hall–Kier alpha value is -0.300. The molecule has 0 saturated heterocycles. The maximum Gasteiger partial charge on any atom is 0.0167 e. The van der Waals surface area contributed by atoms with Gasteiger partial charge in [-0.15, -0.1) is 0 Å². The minimum absolute atomic E-state index is 0.697. The maximum absolute atomic E-state index is 3.47. The Kier molecular flexibility index (Phi) is 6.79. The van der Waals surface area contributed by atoms with E-state index in [1.807, 2.05) is 0 Å². The number of likely N-dealkylation sites (N-methyl/N-ethyl adjacent to an activating group) is 1. The molecule has 0 unspecified atom stereocenters. The quantitative estimate of drug-likeness (QED) is 0.545. The molecule has 1 aliphatic carbocycles. The minimum atomic E-state index is 0.697. The van der Waals surface area contributed by atoms with Gasteiger partial charge in [-0.3, -0.25) is 0 Å². The van der Waals surface area contributed by atoms with Crippen molar-refractivity contribution in [1.82, 2.24) is 5.32 Å². The fourth-order valence-electron chi connectivity index (χ4n) is 2.51. The Labute approximate surface area is 102 Å². The van der Waals surface area contributed by atoms with Gasteiger partial charge in [-0.2, -0.15) is 0 Å². The van der Waals surface area contributed by atoms with Crippen molar-refractivity contribution in [1.29, 1.82) is 0 Å². The van der Waals surface area contributed by atoms with Crippen LogP contribution in [0.15, 0.2) is 11.6 Å². The number of nitrogens with one attached hydrogen (secondary N) is 1. The summed E-state index contributed by atoms with van der Waals surface area (Å²) in [5, 5.41) is 3.47. The first-order valence-corrected chi connectivity index (χ1v) is 7.15. The van der Waals surface area contributed by atoms with E-state index in [2.05, 4.69) is 32.2 Å². The van der Waals surface area contributed by atoms with Gasteiger partial charge in [0.05, 0.1) is 0 Å². The zero-order valence-corrected chi connectivity index (χ0v) is 11.4. The van der Waals surface area contributed by atoms with Crippen LogP contribution in [0.25, 0.3) is 0 Å². The first-order chi connectivity index (χ1) is 7.74. The lowest BCUT2D eigenvalue weighted by Gasteiger charge is -2.16. The van der Waals surface area contributed by atoms with Gasteiger partial charge in [0.15, 0.2) is 0 Å². The van der Waals surface area contributed by atoms with E-state index in [1.54, 1.807) is 5.57 Å². The second kappa shape index (κ2) is 7.89. The molecule has 1 nitrogen and oxygen atoms in total. The molecule has 1 aliphatic rings. The van der Waals surface area contributed by atoms with Crippen LogP contribution in [-0.4, -0.2) is 13.1 Å². The molecule has 0 bridgehead atoms. The van der Waals surface area contributed by atoms with Crippen LogP contribution in [0.1, 0.15) is 59.3 Å². The summed E-state index contributed by atoms with van der Waals surface area (Å²) in [6, 6.07) is 0. The zero-order chi connectivity index (χ0) is 11.8. The van der Waals surface area contributed by atoms with E-state index < -0.39 is 0 Å². The van der Waals surface area contributed by atoms with E-state index in [0.717, 1.165) is 19.0 Å². The standard InChI is InChI=1S/C15H29N/c1-4-16-12-15(13(2)3)11-14-9-7-5-6-8-10-14/h11,13-14,16H,4-10,12H2,1-3H3. The van der Waals surface area contributed by atoms with Gasteiger partial charge in [0.25, 0.3) is 0 Å². The largest absolute Gasteiger partial charge is 0.313 e. The van der Waals surface area contributed by atoms with E-state index in [9.17, 15) is 0 Å². The van der Waals surface area contributed by atoms with E-state index >= 15 is 0 Å². The molecule has 0 aromatic heterocycles. The van der Waals surface area contributed by atoms with Crippen molar-refractivity contribution in [2.45, 2.75) is 59.3 Å². The van der Waals surface area contributed by atoms with Crippen molar-refractivity contribution in [2.75, 3.05) is 13.1 Å². The molecule has 0 heterocycles. The Morgan fingerprint density at radius 2 is 1.81 bits per heavy atom. The Morgan fingerprint density at radius 3 is 2.31 bits per heavy atom. The third-order valence-electron chi connectivity index (χ3n) is 3.67. The zero-order valence-electron chi connectivity index (χ0n) is 11.4. The third kappa shape index (κ3) is 5.16. The molecule has 1 saturated carbocycles. The summed E-state index contributed by atoms with van der Waals surface area (Å²) in [4.78, 5) is 0. The lowest BCUT2D eigenvalue weighted by atomic mass is 9.93. The Morgan fingerprint density at radius 1 is 1.19 bits per heavy atom. The summed E-state index contributed by atoms with van der Waals surface area (Å²) >= 11 is 0. The molecule has 0 aromatic rings. The molecule has 1 heteroatoms. The highest BCUT2D eigenvalue weighted by Gasteiger charge is 2.12. The van der Waals surface area contributed by atoms with Gasteiger partial charge in [0.2, 0.25) is 0 Å². The topological polar surface area (TPSA) is 12.0 Å². The predicted molar refractivity (Wildman–Crippen MR) is 72.7 cm³/mol. The molecule has 0 atom stereocenters. The molecule has 0 aromatic carbocycles. The highest BCUT2D eigenvalue weighted by Crippen LogP contribution is 2.26. The van der Waals surface area contributed by atoms with Gasteiger partial charge in [0.1, 0.15) is 0 Å². The monoisotopic (exact) mass is 223 g/mol. The Bertz CT molecular complexity index is 197. The van der Waals surface area contributed by atoms with Crippen molar-refractivity contribution in [3.8, 4) is 0 Å². The Balaban J connectivity index is 2.52. The molecule has 1 N–H and O–H groups in total. The van der Waals surface area contributed by atoms with E-state index in [1.165, 1.54) is 38.5 Å². The highest BCUT2D eigenvalue weighted by atomic mass is 14.8. The average molecular weight is 223 g/mol. The van der Waals surface area contributed by atoms with Crippen molar-refractivity contribution >= 4 is 0 Å². The van der Waals surface area contributed by atoms with Crippen molar-refractivity contribution < 1.29 is 0 Å². The predicted octanol–water partition coefficient (Wildman–Crippen LogP) is 4.15. The second-order valence-corrected chi connectivity index (χ2v) is 5.43. The molecule has 0 spiro atoms. The molecule has 1 rings (SSSR count). The van der Waals surface area contributed by atoms with Gasteiger partial charge in [0, 0.05) is 6.54 Å². The van der Waals surface area contributed by atoms with Gasteiger partial charge in [-0.05, 0) is 31.2 Å². The fraction of sp³-hybridized carbons (Fsp3) is 0.867. The first-order valence-electron chi connectivity index (χ1n) is 7.15. The van der Waals surface area contributed by atoms with Crippen LogP contribution < -0.4 is 5.32 Å². The van der Waals surface area contributed by atoms with Crippen LogP contribution in [0.2, 0.25) is 0 Å². The van der Waals surface area contributed by atoms with Crippen LogP contribution in [-0.2, 0) is 0 Å². The van der Waals surface area contributed by atoms with Crippen molar-refractivity contribution in [3.63, 3.8) is 0 Å². The van der Waals surface area contributed by atoms with E-state index in [0.29, 0.717) is 5.92 Å². The molecule has 0 aliphatic heterocycles. The first kappa shape index (κ1) is 13.8. The summed E-state index contributed by atoms with van der Waals surface area (Å²) in [5.41, 5.74) is 1.62. The van der Waals surface area contributed by atoms with Crippen molar-refractivity contribution in [2.24, 2.45) is 11.8 Å². The van der Waals surface area contributed by atoms with E-state index in [4.69, 9.17) is 0 Å². The number of allylic oxidation sites excluding steroid dienone is 1. The number of rotatable bonds is 5. The van der Waals surface area contributed by atoms with Crippen LogP contribution >= 0.6 is 0 Å². The summed E-state index contributed by atoms with van der Waals surface area (Å²) < 4.78 is 0. The molecule has 94 valence electrons. The van der Waals surface area contributed by atoms with Gasteiger partial charge in [-0.25, -0.2) is 0 Å². The van der Waals surface area contributed by atoms with Gasteiger partial charge in [-0.1, -0.05) is 58.1 Å². The molecule has 0 amide bonds. The highest BCUT2D eigenvalue weighted by molar-refractivity contribution is 5.09. The van der Waals surface area contributed by atoms with Crippen LogP contribution in [0.5, 0.6) is 0 Å². The minimum Gasteiger partial charge on any atom is -0.313 e.